The molecule has 1 aromatic carbocycles. The van der Waals surface area contributed by atoms with Gasteiger partial charge < -0.3 is 10.8 Å². The number of aliphatic carboxylic acids is 1. The lowest BCUT2D eigenvalue weighted by atomic mass is 10.0. The summed E-state index contributed by atoms with van der Waals surface area (Å²) in [6, 6.07) is 10.3. The fourth-order valence-corrected chi connectivity index (χ4v) is 2.31. The number of carboxylic acid groups (broad SMARTS) is 1. The molecule has 4 heteroatoms. The van der Waals surface area contributed by atoms with E-state index in [0.717, 1.165) is 6.54 Å². The summed E-state index contributed by atoms with van der Waals surface area (Å²) in [5, 5.41) is 9.09. The number of nitrogens with zero attached hydrogens (tertiary/aromatic N) is 1. The summed E-state index contributed by atoms with van der Waals surface area (Å²) in [4.78, 5) is 13.2. The number of nitrogens with two attached hydrogens (primary N) is 1. The normalized spacial score (nSPS) is 26.9. The molecule has 0 aliphatic carbocycles. The Bertz CT molecular complexity index is 407. The monoisotopic (exact) mass is 234 g/mol. The van der Waals surface area contributed by atoms with E-state index >= 15 is 0 Å². The minimum atomic E-state index is -1.08. The highest BCUT2D eigenvalue weighted by atomic mass is 16.4. The molecule has 2 unspecified atom stereocenters. The zero-order chi connectivity index (χ0) is 12.5. The van der Waals surface area contributed by atoms with Crippen molar-refractivity contribution in [3.05, 3.63) is 35.9 Å². The van der Waals surface area contributed by atoms with E-state index in [2.05, 4.69) is 24.0 Å². The third kappa shape index (κ3) is 2.33. The first kappa shape index (κ1) is 12.1. The van der Waals surface area contributed by atoms with Crippen LogP contribution in [0.2, 0.25) is 0 Å². The Kier molecular flexibility index (Phi) is 3.17. The Morgan fingerprint density at radius 3 is 2.65 bits per heavy atom. The average Bonchev–Trinajstić information content (AvgIpc) is 2.74. The Morgan fingerprint density at radius 2 is 2.12 bits per heavy atom. The fraction of sp³-hybridized carbons (Fsp3) is 0.462. The maximum absolute atomic E-state index is 11.1. The Balaban J connectivity index is 2.09. The van der Waals surface area contributed by atoms with Crippen molar-refractivity contribution in [3.63, 3.8) is 0 Å². The largest absolute Gasteiger partial charge is 0.480 e. The number of likely N-dealkylation sites (tertiary alicyclic amines) is 1. The highest BCUT2D eigenvalue weighted by Gasteiger charge is 2.42. The topological polar surface area (TPSA) is 66.6 Å². The van der Waals surface area contributed by atoms with Crippen molar-refractivity contribution in [2.45, 2.75) is 24.9 Å². The van der Waals surface area contributed by atoms with Crippen LogP contribution in [0.25, 0.3) is 0 Å². The summed E-state index contributed by atoms with van der Waals surface area (Å²) in [5.74, 6) is -0.903. The second kappa shape index (κ2) is 4.47. The Hall–Kier alpha value is -1.39. The van der Waals surface area contributed by atoms with Crippen molar-refractivity contribution < 1.29 is 9.90 Å². The third-order valence-corrected chi connectivity index (χ3v) is 3.59. The van der Waals surface area contributed by atoms with Crippen LogP contribution in [0.4, 0.5) is 0 Å². The van der Waals surface area contributed by atoms with Crippen LogP contribution in [0.5, 0.6) is 0 Å². The first-order valence-corrected chi connectivity index (χ1v) is 5.84. The van der Waals surface area contributed by atoms with Gasteiger partial charge in [0.15, 0.2) is 0 Å². The van der Waals surface area contributed by atoms with Crippen LogP contribution < -0.4 is 5.73 Å². The number of carboxylic acids is 1. The minimum Gasteiger partial charge on any atom is -0.480 e. The molecule has 0 bridgehead atoms. The smallest absolute Gasteiger partial charge is 0.325 e. The molecule has 1 fully saturated rings. The minimum absolute atomic E-state index is 0.209. The molecule has 0 spiro atoms. The summed E-state index contributed by atoms with van der Waals surface area (Å²) in [7, 11) is 0. The standard InChI is InChI=1S/C13H18N2O2/c1-10(11-5-3-2-4-6-11)15-8-7-13(14,9-15)12(16)17/h2-6,10H,7-9,14H2,1H3,(H,16,17). The highest BCUT2D eigenvalue weighted by Crippen LogP contribution is 2.28. The van der Waals surface area contributed by atoms with Gasteiger partial charge in [-0.1, -0.05) is 30.3 Å². The van der Waals surface area contributed by atoms with Gasteiger partial charge in [-0.05, 0) is 18.9 Å². The van der Waals surface area contributed by atoms with Gasteiger partial charge in [0, 0.05) is 19.1 Å². The summed E-state index contributed by atoms with van der Waals surface area (Å²) in [5.41, 5.74) is 5.98. The number of rotatable bonds is 3. The maximum Gasteiger partial charge on any atom is 0.325 e. The molecule has 1 aliphatic heterocycles. The zero-order valence-electron chi connectivity index (χ0n) is 9.97. The Labute approximate surface area is 101 Å². The van der Waals surface area contributed by atoms with Crippen molar-refractivity contribution in [3.8, 4) is 0 Å². The van der Waals surface area contributed by atoms with Crippen LogP contribution in [-0.2, 0) is 4.79 Å². The van der Waals surface area contributed by atoms with Crippen molar-refractivity contribution in [2.75, 3.05) is 13.1 Å². The van der Waals surface area contributed by atoms with E-state index in [1.165, 1.54) is 5.56 Å². The van der Waals surface area contributed by atoms with Gasteiger partial charge in [0.05, 0.1) is 0 Å². The van der Waals surface area contributed by atoms with E-state index in [1.807, 2.05) is 18.2 Å². The SMILES string of the molecule is CC(c1ccccc1)N1CCC(N)(C(=O)O)C1. The summed E-state index contributed by atoms with van der Waals surface area (Å²) in [6.07, 6.45) is 0.513. The van der Waals surface area contributed by atoms with Crippen LogP contribution >= 0.6 is 0 Å². The van der Waals surface area contributed by atoms with E-state index in [0.29, 0.717) is 13.0 Å². The maximum atomic E-state index is 11.1. The molecule has 1 aromatic rings. The zero-order valence-corrected chi connectivity index (χ0v) is 9.97. The number of benzene rings is 1. The summed E-state index contributed by atoms with van der Waals surface area (Å²) >= 11 is 0. The third-order valence-electron chi connectivity index (χ3n) is 3.59. The molecule has 1 aliphatic rings. The molecule has 0 radical (unpaired) electrons. The van der Waals surface area contributed by atoms with Gasteiger partial charge in [0.25, 0.3) is 0 Å². The number of hydrogen-bond acceptors (Lipinski definition) is 3. The van der Waals surface area contributed by atoms with Gasteiger partial charge in [-0.3, -0.25) is 9.69 Å². The van der Waals surface area contributed by atoms with E-state index in [-0.39, 0.29) is 6.04 Å². The Morgan fingerprint density at radius 1 is 1.47 bits per heavy atom. The first-order chi connectivity index (χ1) is 8.03. The summed E-state index contributed by atoms with van der Waals surface area (Å²) in [6.45, 7) is 3.24. The molecule has 92 valence electrons. The highest BCUT2D eigenvalue weighted by molar-refractivity contribution is 5.79. The van der Waals surface area contributed by atoms with Crippen molar-refractivity contribution >= 4 is 5.97 Å². The van der Waals surface area contributed by atoms with Crippen LogP contribution in [-0.4, -0.2) is 34.6 Å². The van der Waals surface area contributed by atoms with Crippen LogP contribution in [0.1, 0.15) is 24.9 Å². The average molecular weight is 234 g/mol. The summed E-state index contributed by atoms with van der Waals surface area (Å²) < 4.78 is 0. The molecule has 4 nitrogen and oxygen atoms in total. The molecular formula is C13H18N2O2. The van der Waals surface area contributed by atoms with Gasteiger partial charge >= 0.3 is 5.97 Å². The lowest BCUT2D eigenvalue weighted by molar-refractivity contribution is -0.142. The van der Waals surface area contributed by atoms with Gasteiger partial charge in [0.1, 0.15) is 5.54 Å². The van der Waals surface area contributed by atoms with Crippen LogP contribution in [0.3, 0.4) is 0 Å². The molecule has 1 heterocycles. The molecule has 0 aromatic heterocycles. The van der Waals surface area contributed by atoms with E-state index in [9.17, 15) is 4.79 Å². The van der Waals surface area contributed by atoms with Gasteiger partial charge in [-0.2, -0.15) is 0 Å². The van der Waals surface area contributed by atoms with Gasteiger partial charge in [-0.25, -0.2) is 0 Å². The lowest BCUT2D eigenvalue weighted by Crippen LogP contribution is -2.50. The molecule has 2 atom stereocenters. The molecule has 17 heavy (non-hydrogen) atoms. The molecule has 1 saturated heterocycles. The van der Waals surface area contributed by atoms with Crippen molar-refractivity contribution in [2.24, 2.45) is 5.73 Å². The molecule has 2 rings (SSSR count). The predicted octanol–water partition coefficient (Wildman–Crippen LogP) is 1.24. The number of hydrogen-bond donors (Lipinski definition) is 2. The lowest BCUT2D eigenvalue weighted by Gasteiger charge is -2.26. The number of carbonyl (C=O) groups is 1. The quantitative estimate of drug-likeness (QED) is 0.825. The van der Waals surface area contributed by atoms with Crippen molar-refractivity contribution in [1.82, 2.24) is 4.90 Å². The first-order valence-electron chi connectivity index (χ1n) is 5.84. The van der Waals surface area contributed by atoms with Crippen LogP contribution in [0.15, 0.2) is 30.3 Å². The molecule has 0 amide bonds. The van der Waals surface area contributed by atoms with Crippen molar-refractivity contribution in [1.29, 1.82) is 0 Å². The molecule has 0 saturated carbocycles. The van der Waals surface area contributed by atoms with E-state index in [1.54, 1.807) is 0 Å². The molecule has 3 N–H and O–H groups in total. The van der Waals surface area contributed by atoms with Gasteiger partial charge in [-0.15, -0.1) is 0 Å². The molecular weight excluding hydrogens is 216 g/mol. The van der Waals surface area contributed by atoms with E-state index in [4.69, 9.17) is 10.8 Å². The van der Waals surface area contributed by atoms with Crippen LogP contribution in [0, 0.1) is 0 Å². The van der Waals surface area contributed by atoms with Gasteiger partial charge in [0.2, 0.25) is 0 Å². The predicted molar refractivity (Wildman–Crippen MR) is 65.6 cm³/mol. The van der Waals surface area contributed by atoms with E-state index < -0.39 is 11.5 Å². The fourth-order valence-electron chi connectivity index (χ4n) is 2.31. The second-order valence-electron chi connectivity index (χ2n) is 4.77. The second-order valence-corrected chi connectivity index (χ2v) is 4.77.